The summed E-state index contributed by atoms with van der Waals surface area (Å²) in [6.07, 6.45) is -4.55. The van der Waals surface area contributed by atoms with Crippen LogP contribution in [0.15, 0.2) is 77.7 Å². The van der Waals surface area contributed by atoms with Gasteiger partial charge in [0.1, 0.15) is 0 Å². The van der Waals surface area contributed by atoms with Gasteiger partial charge >= 0.3 is 6.18 Å². The predicted octanol–water partition coefficient (Wildman–Crippen LogP) is 8.54. The van der Waals surface area contributed by atoms with Crippen LogP contribution in [0.3, 0.4) is 0 Å². The Bertz CT molecular complexity index is 1470. The zero-order valence-corrected chi connectivity index (χ0v) is 21.4. The number of sulfonamides is 1. The molecule has 0 aliphatic heterocycles. The van der Waals surface area contributed by atoms with Crippen LogP contribution in [0.4, 0.5) is 13.2 Å². The maximum absolute atomic E-state index is 12.8. The fourth-order valence-electron chi connectivity index (χ4n) is 3.32. The molecule has 0 bridgehead atoms. The van der Waals surface area contributed by atoms with Crippen LogP contribution in [0.25, 0.3) is 21.6 Å². The molecule has 0 aliphatic rings. The van der Waals surface area contributed by atoms with Crippen molar-refractivity contribution in [1.29, 1.82) is 0 Å². The molecule has 0 saturated heterocycles. The van der Waals surface area contributed by atoms with E-state index in [0.717, 1.165) is 45.8 Å². The standard InChI is InChI=1S/C24H15Cl3F3NO2S2/c25-16-5-1-14(2-6-16)21-12-18(34-23(21)20-10-7-17(26)11-22(20)27)13-31-35(32,33)19-8-3-15(4-9-19)24(28,29)30/h1-12,31H,13H2. The van der Waals surface area contributed by atoms with Crippen LogP contribution >= 0.6 is 46.1 Å². The second-order valence-electron chi connectivity index (χ2n) is 7.43. The Morgan fingerprint density at radius 1 is 0.800 bits per heavy atom. The highest BCUT2D eigenvalue weighted by atomic mass is 35.5. The molecule has 1 heterocycles. The lowest BCUT2D eigenvalue weighted by Gasteiger charge is -2.09. The number of benzene rings is 3. The minimum atomic E-state index is -4.55. The van der Waals surface area contributed by atoms with Gasteiger partial charge in [-0.25, -0.2) is 13.1 Å². The van der Waals surface area contributed by atoms with Crippen LogP contribution in [0.5, 0.6) is 0 Å². The highest BCUT2D eigenvalue weighted by molar-refractivity contribution is 7.89. The molecule has 1 N–H and O–H groups in total. The van der Waals surface area contributed by atoms with Crippen molar-refractivity contribution in [2.45, 2.75) is 17.6 Å². The number of thiophene rings is 1. The van der Waals surface area contributed by atoms with Crippen LogP contribution in [0.1, 0.15) is 10.4 Å². The summed E-state index contributed by atoms with van der Waals surface area (Å²) in [6.45, 7) is -0.0696. The van der Waals surface area contributed by atoms with E-state index in [1.807, 2.05) is 18.2 Å². The van der Waals surface area contributed by atoms with Crippen molar-refractivity contribution in [2.24, 2.45) is 0 Å². The number of hydrogen-bond acceptors (Lipinski definition) is 3. The van der Waals surface area contributed by atoms with Gasteiger partial charge in [-0.3, -0.25) is 0 Å². The molecule has 3 aromatic carbocycles. The van der Waals surface area contributed by atoms with Gasteiger partial charge in [0.15, 0.2) is 0 Å². The topological polar surface area (TPSA) is 46.2 Å². The molecule has 4 rings (SSSR count). The van der Waals surface area contributed by atoms with Crippen molar-refractivity contribution in [1.82, 2.24) is 4.72 Å². The summed E-state index contributed by atoms with van der Waals surface area (Å²) in [5, 5.41) is 1.49. The molecule has 0 unspecified atom stereocenters. The van der Waals surface area contributed by atoms with Gasteiger partial charge in [0.05, 0.1) is 15.5 Å². The van der Waals surface area contributed by atoms with Crippen LogP contribution in [0, 0.1) is 0 Å². The highest BCUT2D eigenvalue weighted by Crippen LogP contribution is 2.43. The third kappa shape index (κ3) is 6.02. The maximum atomic E-state index is 12.8. The fraction of sp³-hybridized carbons (Fsp3) is 0.0833. The molecule has 0 amide bonds. The van der Waals surface area contributed by atoms with Gasteiger partial charge < -0.3 is 0 Å². The van der Waals surface area contributed by atoms with E-state index in [9.17, 15) is 21.6 Å². The quantitative estimate of drug-likeness (QED) is 0.250. The first kappa shape index (κ1) is 26.0. The van der Waals surface area contributed by atoms with Gasteiger partial charge in [-0.05, 0) is 60.2 Å². The third-order valence-electron chi connectivity index (χ3n) is 5.04. The Hall–Kier alpha value is -2.07. The van der Waals surface area contributed by atoms with Crippen molar-refractivity contribution in [2.75, 3.05) is 0 Å². The highest BCUT2D eigenvalue weighted by Gasteiger charge is 2.30. The Morgan fingerprint density at radius 3 is 2.03 bits per heavy atom. The molecule has 1 aromatic heterocycles. The number of alkyl halides is 3. The Labute approximate surface area is 219 Å². The molecule has 4 aromatic rings. The molecule has 0 aliphatic carbocycles. The number of halogens is 6. The second kappa shape index (κ2) is 10.1. The van der Waals surface area contributed by atoms with Crippen LogP contribution in [-0.2, 0) is 22.7 Å². The van der Waals surface area contributed by atoms with E-state index < -0.39 is 21.8 Å². The van der Waals surface area contributed by atoms with E-state index in [-0.39, 0.29) is 11.4 Å². The summed E-state index contributed by atoms with van der Waals surface area (Å²) in [5.74, 6) is 0. The van der Waals surface area contributed by atoms with Gasteiger partial charge in [0.25, 0.3) is 0 Å². The second-order valence-corrected chi connectivity index (χ2v) is 11.6. The lowest BCUT2D eigenvalue weighted by atomic mass is 10.0. The van der Waals surface area contributed by atoms with Gasteiger partial charge in [-0.15, -0.1) is 11.3 Å². The predicted molar refractivity (Wildman–Crippen MR) is 136 cm³/mol. The van der Waals surface area contributed by atoms with Crippen molar-refractivity contribution in [3.05, 3.63) is 98.3 Å². The lowest BCUT2D eigenvalue weighted by Crippen LogP contribution is -2.23. The average molecular weight is 577 g/mol. The first-order chi connectivity index (χ1) is 16.4. The van der Waals surface area contributed by atoms with Crippen LogP contribution in [-0.4, -0.2) is 8.42 Å². The molecule has 3 nitrogen and oxygen atoms in total. The Balaban J connectivity index is 1.65. The molecule has 0 saturated carbocycles. The molecular weight excluding hydrogens is 562 g/mol. The van der Waals surface area contributed by atoms with E-state index in [4.69, 9.17) is 34.8 Å². The molecule has 0 atom stereocenters. The summed E-state index contributed by atoms with van der Waals surface area (Å²) >= 11 is 19.8. The normalized spacial score (nSPS) is 12.2. The number of rotatable bonds is 6. The van der Waals surface area contributed by atoms with Gasteiger partial charge in [0.2, 0.25) is 10.0 Å². The van der Waals surface area contributed by atoms with Crippen molar-refractivity contribution in [3.63, 3.8) is 0 Å². The van der Waals surface area contributed by atoms with Crippen LogP contribution in [0.2, 0.25) is 15.1 Å². The minimum Gasteiger partial charge on any atom is -0.207 e. The Morgan fingerprint density at radius 2 is 1.43 bits per heavy atom. The van der Waals surface area contributed by atoms with Gasteiger partial charge in [-0.1, -0.05) is 53.0 Å². The molecule has 11 heteroatoms. The molecule has 0 fully saturated rings. The maximum Gasteiger partial charge on any atom is 0.416 e. The first-order valence-corrected chi connectivity index (χ1v) is 13.4. The first-order valence-electron chi connectivity index (χ1n) is 9.95. The van der Waals surface area contributed by atoms with Crippen molar-refractivity contribution in [3.8, 4) is 21.6 Å². The summed E-state index contributed by atoms with van der Waals surface area (Å²) in [6, 6.07) is 17.5. The molecule has 182 valence electrons. The van der Waals surface area contributed by atoms with Gasteiger partial charge in [-0.2, -0.15) is 13.2 Å². The summed E-state index contributed by atoms with van der Waals surface area (Å²) in [7, 11) is -4.04. The van der Waals surface area contributed by atoms with E-state index in [1.54, 1.807) is 30.3 Å². The van der Waals surface area contributed by atoms with Crippen molar-refractivity contribution >= 4 is 56.2 Å². The molecule has 0 spiro atoms. The fourth-order valence-corrected chi connectivity index (χ4v) is 6.26. The minimum absolute atomic E-state index is 0.0696. The molecular formula is C24H15Cl3F3NO2S2. The summed E-state index contributed by atoms with van der Waals surface area (Å²) < 4.78 is 66.2. The molecule has 0 radical (unpaired) electrons. The summed E-state index contributed by atoms with van der Waals surface area (Å²) in [5.41, 5.74) is 1.47. The zero-order chi connectivity index (χ0) is 25.4. The third-order valence-corrected chi connectivity index (χ3v) is 8.43. The van der Waals surface area contributed by atoms with E-state index >= 15 is 0 Å². The van der Waals surface area contributed by atoms with E-state index in [1.165, 1.54) is 11.3 Å². The molecule has 35 heavy (non-hydrogen) atoms. The average Bonchev–Trinajstić information content (AvgIpc) is 3.22. The zero-order valence-electron chi connectivity index (χ0n) is 17.5. The number of hydrogen-bond donors (Lipinski definition) is 1. The largest absolute Gasteiger partial charge is 0.416 e. The number of nitrogens with one attached hydrogen (secondary N) is 1. The lowest BCUT2D eigenvalue weighted by molar-refractivity contribution is -0.137. The van der Waals surface area contributed by atoms with Crippen LogP contribution < -0.4 is 4.72 Å². The van der Waals surface area contributed by atoms with E-state index in [2.05, 4.69) is 4.72 Å². The Kier molecular flexibility index (Phi) is 7.52. The van der Waals surface area contributed by atoms with E-state index in [0.29, 0.717) is 19.9 Å². The van der Waals surface area contributed by atoms with Gasteiger partial charge in [0, 0.05) is 37.5 Å². The van der Waals surface area contributed by atoms with Crippen molar-refractivity contribution < 1.29 is 21.6 Å². The summed E-state index contributed by atoms with van der Waals surface area (Å²) in [4.78, 5) is 1.21. The monoisotopic (exact) mass is 575 g/mol. The smallest absolute Gasteiger partial charge is 0.207 e. The SMILES string of the molecule is O=S(=O)(NCc1cc(-c2ccc(Cl)cc2)c(-c2ccc(Cl)cc2Cl)s1)c1ccc(C(F)(F)F)cc1.